The Kier molecular flexibility index (Phi) is 5.53. The Hall–Kier alpha value is -2.14. The van der Waals surface area contributed by atoms with Crippen molar-refractivity contribution in [2.45, 2.75) is 52.4 Å². The van der Waals surface area contributed by atoms with E-state index in [0.717, 1.165) is 36.3 Å². The zero-order chi connectivity index (χ0) is 17.8. The molecule has 2 aromatic rings. The number of nitrogens with zero attached hydrogens (tertiary/aromatic N) is 3. The lowest BCUT2D eigenvalue weighted by Gasteiger charge is -2.34. The number of aryl methyl sites for hydroxylation is 2. The van der Waals surface area contributed by atoms with Crippen LogP contribution in [0.25, 0.3) is 0 Å². The van der Waals surface area contributed by atoms with E-state index in [2.05, 4.69) is 22.8 Å². The first-order valence-electron chi connectivity index (χ1n) is 9.01. The highest BCUT2D eigenvalue weighted by Crippen LogP contribution is 2.23. The fourth-order valence-electron chi connectivity index (χ4n) is 3.49. The van der Waals surface area contributed by atoms with Crippen molar-refractivity contribution in [1.82, 2.24) is 14.7 Å². The second-order valence-electron chi connectivity index (χ2n) is 6.89. The van der Waals surface area contributed by atoms with E-state index in [1.54, 1.807) is 0 Å². The molecule has 2 unspecified atom stereocenters. The molecule has 0 aliphatic carbocycles. The lowest BCUT2D eigenvalue weighted by atomic mass is 10.0. The average molecular weight is 341 g/mol. The largest absolute Gasteiger partial charge is 0.364 e. The van der Waals surface area contributed by atoms with E-state index in [1.165, 1.54) is 0 Å². The second-order valence-corrected chi connectivity index (χ2v) is 6.89. The van der Waals surface area contributed by atoms with Gasteiger partial charge in [-0.2, -0.15) is 5.10 Å². The molecule has 0 spiro atoms. The molecule has 0 radical (unpaired) electrons. The van der Waals surface area contributed by atoms with Gasteiger partial charge in [0.15, 0.2) is 0 Å². The van der Waals surface area contributed by atoms with Gasteiger partial charge in [-0.05, 0) is 45.2 Å². The number of ether oxygens (including phenoxy) is 1. The van der Waals surface area contributed by atoms with Crippen molar-refractivity contribution >= 4 is 5.91 Å². The van der Waals surface area contributed by atoms with Gasteiger partial charge in [-0.25, -0.2) is 0 Å². The van der Waals surface area contributed by atoms with Crippen LogP contribution in [0.4, 0.5) is 0 Å². The van der Waals surface area contributed by atoms with Crippen molar-refractivity contribution in [3.05, 3.63) is 53.3 Å². The summed E-state index contributed by atoms with van der Waals surface area (Å²) in [6, 6.07) is 12.3. The number of amides is 1. The van der Waals surface area contributed by atoms with Gasteiger partial charge < -0.3 is 9.64 Å². The van der Waals surface area contributed by atoms with Crippen LogP contribution in [0.5, 0.6) is 0 Å². The fraction of sp³-hybridized carbons (Fsp3) is 0.500. The molecule has 1 amide bonds. The smallest absolute Gasteiger partial charge is 0.251 e. The number of piperidine rings is 1. The molecule has 2 atom stereocenters. The summed E-state index contributed by atoms with van der Waals surface area (Å²) in [5, 5.41) is 4.60. The van der Waals surface area contributed by atoms with Crippen LogP contribution in [0.15, 0.2) is 36.4 Å². The van der Waals surface area contributed by atoms with Crippen LogP contribution in [0.1, 0.15) is 42.8 Å². The van der Waals surface area contributed by atoms with E-state index in [4.69, 9.17) is 4.74 Å². The van der Waals surface area contributed by atoms with E-state index in [0.29, 0.717) is 13.2 Å². The lowest BCUT2D eigenvalue weighted by Crippen LogP contribution is -2.45. The molecule has 5 nitrogen and oxygen atoms in total. The Morgan fingerprint density at radius 2 is 2.08 bits per heavy atom. The highest BCUT2D eigenvalue weighted by atomic mass is 16.5. The number of likely N-dealkylation sites (tertiary alicyclic amines) is 1. The third kappa shape index (κ3) is 4.28. The van der Waals surface area contributed by atoms with Crippen LogP contribution in [0, 0.1) is 13.8 Å². The van der Waals surface area contributed by atoms with Gasteiger partial charge >= 0.3 is 0 Å². The molecular weight excluding hydrogens is 314 g/mol. The summed E-state index contributed by atoms with van der Waals surface area (Å²) in [6.07, 6.45) is 1.63. The summed E-state index contributed by atoms with van der Waals surface area (Å²) >= 11 is 0. The minimum atomic E-state index is -0.431. The molecule has 134 valence electrons. The van der Waals surface area contributed by atoms with Gasteiger partial charge in [0.1, 0.15) is 6.10 Å². The molecule has 5 heteroatoms. The summed E-state index contributed by atoms with van der Waals surface area (Å²) in [6.45, 7) is 7.90. The third-order valence-electron chi connectivity index (χ3n) is 4.79. The summed E-state index contributed by atoms with van der Waals surface area (Å²) in [5.41, 5.74) is 3.27. The molecule has 1 aromatic carbocycles. The van der Waals surface area contributed by atoms with Gasteiger partial charge in [0, 0.05) is 18.8 Å². The standard InChI is InChI=1S/C20H27N3O2/c1-15-12-16(2)23(21-15)19-10-7-11-22(13-19)20(24)17(3)25-14-18-8-5-4-6-9-18/h4-6,8-9,12,17,19H,7,10-11,13-14H2,1-3H3. The highest BCUT2D eigenvalue weighted by Gasteiger charge is 2.29. The van der Waals surface area contributed by atoms with Gasteiger partial charge in [-0.1, -0.05) is 30.3 Å². The quantitative estimate of drug-likeness (QED) is 0.838. The third-order valence-corrected chi connectivity index (χ3v) is 4.79. The highest BCUT2D eigenvalue weighted by molar-refractivity contribution is 5.80. The van der Waals surface area contributed by atoms with E-state index in [-0.39, 0.29) is 11.9 Å². The molecule has 0 N–H and O–H groups in total. The van der Waals surface area contributed by atoms with Crippen molar-refractivity contribution < 1.29 is 9.53 Å². The van der Waals surface area contributed by atoms with Gasteiger partial charge in [0.25, 0.3) is 5.91 Å². The van der Waals surface area contributed by atoms with Crippen LogP contribution in [0.3, 0.4) is 0 Å². The molecule has 25 heavy (non-hydrogen) atoms. The van der Waals surface area contributed by atoms with Gasteiger partial charge in [0.05, 0.1) is 18.3 Å². The van der Waals surface area contributed by atoms with Crippen molar-refractivity contribution in [1.29, 1.82) is 0 Å². The van der Waals surface area contributed by atoms with Crippen molar-refractivity contribution in [2.24, 2.45) is 0 Å². The fourth-order valence-corrected chi connectivity index (χ4v) is 3.49. The topological polar surface area (TPSA) is 47.4 Å². The van der Waals surface area contributed by atoms with Crippen LogP contribution in [0.2, 0.25) is 0 Å². The Morgan fingerprint density at radius 3 is 2.76 bits per heavy atom. The maximum Gasteiger partial charge on any atom is 0.251 e. The summed E-state index contributed by atoms with van der Waals surface area (Å²) in [4.78, 5) is 14.7. The van der Waals surface area contributed by atoms with Crippen LogP contribution in [-0.4, -0.2) is 39.8 Å². The van der Waals surface area contributed by atoms with E-state index in [9.17, 15) is 4.79 Å². The Bertz CT molecular complexity index is 711. The Morgan fingerprint density at radius 1 is 1.32 bits per heavy atom. The summed E-state index contributed by atoms with van der Waals surface area (Å²) in [7, 11) is 0. The van der Waals surface area contributed by atoms with Crippen molar-refractivity contribution in [3.8, 4) is 0 Å². The van der Waals surface area contributed by atoms with Crippen LogP contribution >= 0.6 is 0 Å². The first kappa shape index (κ1) is 17.7. The monoisotopic (exact) mass is 341 g/mol. The SMILES string of the molecule is Cc1cc(C)n(C2CCCN(C(=O)C(C)OCc3ccccc3)C2)n1. The van der Waals surface area contributed by atoms with Gasteiger partial charge in [0.2, 0.25) is 0 Å². The molecule has 1 fully saturated rings. The predicted octanol–water partition coefficient (Wildman–Crippen LogP) is 3.27. The molecule has 1 saturated heterocycles. The lowest BCUT2D eigenvalue weighted by molar-refractivity contribution is -0.145. The maximum absolute atomic E-state index is 12.8. The maximum atomic E-state index is 12.8. The van der Waals surface area contributed by atoms with Crippen LogP contribution < -0.4 is 0 Å². The molecule has 1 aliphatic rings. The number of carbonyl (C=O) groups is 1. The number of hydrogen-bond acceptors (Lipinski definition) is 3. The van der Waals surface area contributed by atoms with E-state index < -0.39 is 6.10 Å². The summed E-state index contributed by atoms with van der Waals surface area (Å²) < 4.78 is 7.87. The molecule has 0 bridgehead atoms. The number of carbonyl (C=O) groups excluding carboxylic acids is 1. The van der Waals surface area contributed by atoms with E-state index in [1.807, 2.05) is 49.1 Å². The number of benzene rings is 1. The van der Waals surface area contributed by atoms with Crippen molar-refractivity contribution in [2.75, 3.05) is 13.1 Å². The average Bonchev–Trinajstić information content (AvgIpc) is 2.98. The molecule has 1 aliphatic heterocycles. The molecule has 1 aromatic heterocycles. The van der Waals surface area contributed by atoms with Crippen molar-refractivity contribution in [3.63, 3.8) is 0 Å². The summed E-state index contributed by atoms with van der Waals surface area (Å²) in [5.74, 6) is 0.0714. The predicted molar refractivity (Wildman–Crippen MR) is 97.2 cm³/mol. The molecule has 3 rings (SSSR count). The van der Waals surface area contributed by atoms with E-state index >= 15 is 0 Å². The zero-order valence-corrected chi connectivity index (χ0v) is 15.3. The Balaban J connectivity index is 1.58. The normalized spacial score (nSPS) is 19.0. The Labute approximate surface area is 149 Å². The number of hydrogen-bond donors (Lipinski definition) is 0. The molecule has 0 saturated carbocycles. The number of rotatable bonds is 5. The number of aromatic nitrogens is 2. The first-order valence-corrected chi connectivity index (χ1v) is 9.01. The first-order chi connectivity index (χ1) is 12.0. The molecular formula is C20H27N3O2. The second kappa shape index (κ2) is 7.83. The minimum absolute atomic E-state index is 0.0714. The van der Waals surface area contributed by atoms with Crippen LogP contribution in [-0.2, 0) is 16.1 Å². The minimum Gasteiger partial charge on any atom is -0.364 e. The zero-order valence-electron chi connectivity index (χ0n) is 15.3. The van der Waals surface area contributed by atoms with Gasteiger partial charge in [-0.3, -0.25) is 9.48 Å². The van der Waals surface area contributed by atoms with Gasteiger partial charge in [-0.15, -0.1) is 0 Å². The molecule has 2 heterocycles.